The maximum absolute atomic E-state index is 12.6. The number of benzene rings is 3. The topological polar surface area (TPSA) is 118 Å². The summed E-state index contributed by atoms with van der Waals surface area (Å²) >= 11 is 6.28. The Kier molecular flexibility index (Phi) is 6.08. The van der Waals surface area contributed by atoms with E-state index in [-0.39, 0.29) is 21.2 Å². The third-order valence-corrected chi connectivity index (χ3v) is 6.10. The standard InChI is InChI=1S/C23H17ClN4O4S/c1-33(31,32)16-6-4-5-14(11-16)22(29)28-18-10-9-15(12-17(18)24)26-23(30)21-13-25-19-7-2-3-8-20(19)27-21/h2-13H,1H3,(H,26,30)(H,28,29). The van der Waals surface area contributed by atoms with Gasteiger partial charge in [-0.3, -0.25) is 14.6 Å². The number of sulfone groups is 1. The minimum absolute atomic E-state index is 0.0381. The number of nitrogens with zero attached hydrogens (tertiary/aromatic N) is 2. The molecule has 0 aliphatic heterocycles. The van der Waals surface area contributed by atoms with Gasteiger partial charge in [0.05, 0.1) is 32.8 Å². The monoisotopic (exact) mass is 480 g/mol. The van der Waals surface area contributed by atoms with Crippen LogP contribution in [-0.4, -0.2) is 36.5 Å². The Labute approximate surface area is 194 Å². The number of anilines is 2. The highest BCUT2D eigenvalue weighted by molar-refractivity contribution is 7.90. The lowest BCUT2D eigenvalue weighted by Gasteiger charge is -2.11. The molecule has 0 unspecified atom stereocenters. The van der Waals surface area contributed by atoms with Crippen LogP contribution in [0.5, 0.6) is 0 Å². The van der Waals surface area contributed by atoms with E-state index in [0.717, 1.165) is 6.26 Å². The van der Waals surface area contributed by atoms with Crippen molar-refractivity contribution < 1.29 is 18.0 Å². The van der Waals surface area contributed by atoms with Crippen molar-refractivity contribution in [3.63, 3.8) is 0 Å². The van der Waals surface area contributed by atoms with Crippen molar-refractivity contribution in [1.29, 1.82) is 0 Å². The molecule has 166 valence electrons. The van der Waals surface area contributed by atoms with E-state index in [1.165, 1.54) is 42.6 Å². The Hall–Kier alpha value is -3.82. The number of amides is 2. The highest BCUT2D eigenvalue weighted by Gasteiger charge is 2.14. The van der Waals surface area contributed by atoms with Crippen molar-refractivity contribution in [2.75, 3.05) is 16.9 Å². The first-order chi connectivity index (χ1) is 15.7. The van der Waals surface area contributed by atoms with Gasteiger partial charge < -0.3 is 10.6 Å². The van der Waals surface area contributed by atoms with E-state index in [4.69, 9.17) is 11.6 Å². The molecule has 1 aromatic heterocycles. The number of aromatic nitrogens is 2. The summed E-state index contributed by atoms with van der Waals surface area (Å²) in [6, 6.07) is 17.5. The molecule has 2 N–H and O–H groups in total. The van der Waals surface area contributed by atoms with E-state index in [1.807, 2.05) is 12.1 Å². The molecule has 0 atom stereocenters. The largest absolute Gasteiger partial charge is 0.321 e. The molecule has 0 saturated heterocycles. The molecule has 0 fully saturated rings. The number of para-hydroxylation sites is 2. The Balaban J connectivity index is 1.48. The first kappa shape index (κ1) is 22.4. The van der Waals surface area contributed by atoms with Gasteiger partial charge in [-0.1, -0.05) is 29.8 Å². The SMILES string of the molecule is CS(=O)(=O)c1cccc(C(=O)Nc2ccc(NC(=O)c3cnc4ccccc4n3)cc2Cl)c1. The summed E-state index contributed by atoms with van der Waals surface area (Å²) in [6.45, 7) is 0. The second kappa shape index (κ2) is 8.97. The lowest BCUT2D eigenvalue weighted by Crippen LogP contribution is -2.15. The second-order valence-corrected chi connectivity index (χ2v) is 9.57. The fourth-order valence-electron chi connectivity index (χ4n) is 3.02. The molecule has 1 heterocycles. The highest BCUT2D eigenvalue weighted by Crippen LogP contribution is 2.26. The number of hydrogen-bond acceptors (Lipinski definition) is 6. The van der Waals surface area contributed by atoms with Crippen molar-refractivity contribution in [2.24, 2.45) is 0 Å². The van der Waals surface area contributed by atoms with Gasteiger partial charge in [0.2, 0.25) is 0 Å². The third-order valence-electron chi connectivity index (χ3n) is 4.68. The molecule has 0 spiro atoms. The number of hydrogen-bond donors (Lipinski definition) is 2. The zero-order chi connectivity index (χ0) is 23.6. The van der Waals surface area contributed by atoms with Crippen LogP contribution in [0.2, 0.25) is 5.02 Å². The molecule has 8 nitrogen and oxygen atoms in total. The molecule has 0 bridgehead atoms. The molecule has 0 radical (unpaired) electrons. The van der Waals surface area contributed by atoms with E-state index < -0.39 is 21.7 Å². The summed E-state index contributed by atoms with van der Waals surface area (Å²) < 4.78 is 23.4. The molecule has 33 heavy (non-hydrogen) atoms. The number of halogens is 1. The van der Waals surface area contributed by atoms with Crippen molar-refractivity contribution in [3.05, 3.63) is 89.2 Å². The van der Waals surface area contributed by atoms with Crippen molar-refractivity contribution in [3.8, 4) is 0 Å². The van der Waals surface area contributed by atoms with Gasteiger partial charge in [-0.2, -0.15) is 0 Å². The van der Waals surface area contributed by atoms with E-state index >= 15 is 0 Å². The molecule has 2 amide bonds. The maximum atomic E-state index is 12.6. The minimum Gasteiger partial charge on any atom is -0.321 e. The average Bonchev–Trinajstić information content (AvgIpc) is 2.80. The molecule has 4 aromatic rings. The lowest BCUT2D eigenvalue weighted by molar-refractivity contribution is 0.101. The van der Waals surface area contributed by atoms with Crippen LogP contribution >= 0.6 is 11.6 Å². The number of nitrogens with one attached hydrogen (secondary N) is 2. The predicted octanol–water partition coefficient (Wildman–Crippen LogP) is 4.19. The smallest absolute Gasteiger partial charge is 0.275 e. The Morgan fingerprint density at radius 1 is 0.879 bits per heavy atom. The molecular formula is C23H17ClN4O4S. The van der Waals surface area contributed by atoms with Crippen molar-refractivity contribution in [2.45, 2.75) is 4.90 Å². The van der Waals surface area contributed by atoms with Crippen LogP contribution in [-0.2, 0) is 9.84 Å². The second-order valence-electron chi connectivity index (χ2n) is 7.15. The Morgan fingerprint density at radius 3 is 2.36 bits per heavy atom. The van der Waals surface area contributed by atoms with Gasteiger partial charge in [0.1, 0.15) is 5.69 Å². The van der Waals surface area contributed by atoms with Crippen LogP contribution < -0.4 is 10.6 Å². The van der Waals surface area contributed by atoms with Gasteiger partial charge >= 0.3 is 0 Å². The molecule has 0 aliphatic carbocycles. The fourth-order valence-corrected chi connectivity index (χ4v) is 3.91. The summed E-state index contributed by atoms with van der Waals surface area (Å²) in [5.74, 6) is -0.982. The quantitative estimate of drug-likeness (QED) is 0.442. The minimum atomic E-state index is -3.45. The number of carbonyl (C=O) groups excluding carboxylic acids is 2. The first-order valence-corrected chi connectivity index (χ1v) is 11.9. The van der Waals surface area contributed by atoms with Crippen molar-refractivity contribution in [1.82, 2.24) is 9.97 Å². The molecule has 0 saturated carbocycles. The van der Waals surface area contributed by atoms with Crippen LogP contribution in [0.4, 0.5) is 11.4 Å². The highest BCUT2D eigenvalue weighted by atomic mass is 35.5. The first-order valence-electron chi connectivity index (χ1n) is 9.65. The van der Waals surface area contributed by atoms with Gasteiger partial charge in [-0.15, -0.1) is 0 Å². The Bertz CT molecular complexity index is 1510. The predicted molar refractivity (Wildman–Crippen MR) is 126 cm³/mol. The number of carbonyl (C=O) groups is 2. The summed E-state index contributed by atoms with van der Waals surface area (Å²) in [5, 5.41) is 5.52. The van der Waals surface area contributed by atoms with Gasteiger partial charge in [-0.05, 0) is 48.5 Å². The fraction of sp³-hybridized carbons (Fsp3) is 0.0435. The van der Waals surface area contributed by atoms with Crippen LogP contribution in [0, 0.1) is 0 Å². The normalized spacial score (nSPS) is 11.2. The zero-order valence-corrected chi connectivity index (χ0v) is 18.8. The number of rotatable bonds is 5. The molecule has 10 heteroatoms. The van der Waals surface area contributed by atoms with Crippen LogP contribution in [0.1, 0.15) is 20.8 Å². The van der Waals surface area contributed by atoms with E-state index in [1.54, 1.807) is 18.2 Å². The van der Waals surface area contributed by atoms with E-state index in [9.17, 15) is 18.0 Å². The van der Waals surface area contributed by atoms with E-state index in [0.29, 0.717) is 22.4 Å². The summed E-state index contributed by atoms with van der Waals surface area (Å²) in [4.78, 5) is 33.7. The summed E-state index contributed by atoms with van der Waals surface area (Å²) in [6.07, 6.45) is 2.45. The molecular weight excluding hydrogens is 464 g/mol. The van der Waals surface area contributed by atoms with E-state index in [2.05, 4.69) is 20.6 Å². The maximum Gasteiger partial charge on any atom is 0.275 e. The van der Waals surface area contributed by atoms with Gasteiger partial charge in [-0.25, -0.2) is 13.4 Å². The van der Waals surface area contributed by atoms with Gasteiger partial charge in [0, 0.05) is 17.5 Å². The summed E-state index contributed by atoms with van der Waals surface area (Å²) in [7, 11) is -3.45. The van der Waals surface area contributed by atoms with Crippen LogP contribution in [0.3, 0.4) is 0 Å². The van der Waals surface area contributed by atoms with Crippen LogP contribution in [0.25, 0.3) is 11.0 Å². The molecule has 0 aliphatic rings. The van der Waals surface area contributed by atoms with Crippen LogP contribution in [0.15, 0.2) is 77.8 Å². The lowest BCUT2D eigenvalue weighted by atomic mass is 10.2. The summed E-state index contributed by atoms with van der Waals surface area (Å²) in [5.41, 5.74) is 2.29. The zero-order valence-electron chi connectivity index (χ0n) is 17.2. The molecule has 3 aromatic carbocycles. The van der Waals surface area contributed by atoms with Crippen molar-refractivity contribution >= 4 is 55.7 Å². The average molecular weight is 481 g/mol. The van der Waals surface area contributed by atoms with Gasteiger partial charge in [0.25, 0.3) is 11.8 Å². The Morgan fingerprint density at radius 2 is 1.64 bits per heavy atom. The molecule has 4 rings (SSSR count). The number of fused-ring (bicyclic) bond motifs is 1. The third kappa shape index (κ3) is 5.16. The van der Waals surface area contributed by atoms with Gasteiger partial charge in [0.15, 0.2) is 9.84 Å².